The van der Waals surface area contributed by atoms with Gasteiger partial charge in [-0.15, -0.1) is 0 Å². The van der Waals surface area contributed by atoms with E-state index in [1.165, 1.54) is 7.11 Å². The Labute approximate surface area is 118 Å². The second kappa shape index (κ2) is 6.79. The Morgan fingerprint density at radius 3 is 2.45 bits per heavy atom. The molecule has 0 unspecified atom stereocenters. The highest BCUT2D eigenvalue weighted by molar-refractivity contribution is 5.97. The van der Waals surface area contributed by atoms with Gasteiger partial charge < -0.3 is 20.5 Å². The summed E-state index contributed by atoms with van der Waals surface area (Å²) >= 11 is 0. The molecule has 1 rings (SSSR count). The number of hydrogen-bond donors (Lipinski definition) is 2. The first-order chi connectivity index (χ1) is 9.35. The fraction of sp³-hybridized carbons (Fsp3) is 0.429. The first kappa shape index (κ1) is 15.8. The van der Waals surface area contributed by atoms with Crippen LogP contribution in [0.4, 0.5) is 5.69 Å². The second-order valence-corrected chi connectivity index (χ2v) is 4.64. The zero-order valence-corrected chi connectivity index (χ0v) is 12.1. The molecule has 0 aliphatic heterocycles. The highest BCUT2D eigenvalue weighted by Crippen LogP contribution is 2.23. The van der Waals surface area contributed by atoms with E-state index in [4.69, 9.17) is 10.5 Å². The molecule has 1 aromatic carbocycles. The van der Waals surface area contributed by atoms with Crippen molar-refractivity contribution in [2.75, 3.05) is 12.8 Å². The average Bonchev–Trinajstić information content (AvgIpc) is 2.39. The number of benzene rings is 1. The van der Waals surface area contributed by atoms with Crippen LogP contribution in [0.1, 0.15) is 31.1 Å². The van der Waals surface area contributed by atoms with Crippen molar-refractivity contribution in [3.8, 4) is 5.75 Å². The predicted octanol–water partition coefficient (Wildman–Crippen LogP) is 1.35. The molecule has 0 aromatic heterocycles. The van der Waals surface area contributed by atoms with Crippen LogP contribution in [0.5, 0.6) is 5.75 Å². The lowest BCUT2D eigenvalue weighted by atomic mass is 10.1. The van der Waals surface area contributed by atoms with Crippen LogP contribution in [0.15, 0.2) is 18.2 Å². The quantitative estimate of drug-likeness (QED) is 0.627. The van der Waals surface area contributed by atoms with Gasteiger partial charge in [-0.1, -0.05) is 0 Å². The summed E-state index contributed by atoms with van der Waals surface area (Å²) < 4.78 is 10.1. The van der Waals surface area contributed by atoms with Crippen LogP contribution in [0.3, 0.4) is 0 Å². The average molecular weight is 280 g/mol. The Hall–Kier alpha value is -2.24. The Morgan fingerprint density at radius 2 is 1.90 bits per heavy atom. The molecule has 6 nitrogen and oxygen atoms in total. The van der Waals surface area contributed by atoms with Crippen molar-refractivity contribution in [3.05, 3.63) is 23.8 Å². The Balaban J connectivity index is 2.86. The molecule has 3 N–H and O–H groups in total. The summed E-state index contributed by atoms with van der Waals surface area (Å²) in [5, 5.41) is 2.54. The molecule has 0 saturated carbocycles. The van der Waals surface area contributed by atoms with E-state index in [1.54, 1.807) is 25.1 Å². The van der Waals surface area contributed by atoms with Crippen molar-refractivity contribution in [2.45, 2.75) is 32.9 Å². The molecule has 0 aliphatic rings. The van der Waals surface area contributed by atoms with Crippen molar-refractivity contribution < 1.29 is 19.1 Å². The summed E-state index contributed by atoms with van der Waals surface area (Å²) in [6, 6.07) is 3.99. The number of hydrogen-bond acceptors (Lipinski definition) is 5. The Morgan fingerprint density at radius 1 is 1.25 bits per heavy atom. The molecular formula is C14H20N2O4. The Kier molecular flexibility index (Phi) is 5.37. The number of rotatable bonds is 5. The van der Waals surface area contributed by atoms with E-state index in [1.807, 2.05) is 13.8 Å². The van der Waals surface area contributed by atoms with Crippen LogP contribution < -0.4 is 15.8 Å². The van der Waals surface area contributed by atoms with Crippen LogP contribution in [0.2, 0.25) is 0 Å². The number of nitrogens with two attached hydrogens (primary N) is 1. The molecule has 6 heteroatoms. The van der Waals surface area contributed by atoms with Crippen molar-refractivity contribution in [1.29, 1.82) is 0 Å². The molecule has 110 valence electrons. The monoisotopic (exact) mass is 280 g/mol. The van der Waals surface area contributed by atoms with Crippen LogP contribution >= 0.6 is 0 Å². The third kappa shape index (κ3) is 4.15. The van der Waals surface area contributed by atoms with Gasteiger partial charge in [0.1, 0.15) is 11.8 Å². The van der Waals surface area contributed by atoms with Gasteiger partial charge in [-0.25, -0.2) is 4.79 Å². The third-order valence-electron chi connectivity index (χ3n) is 2.54. The lowest BCUT2D eigenvalue weighted by Gasteiger charge is -2.15. The number of carbonyl (C=O) groups excluding carboxylic acids is 2. The van der Waals surface area contributed by atoms with Crippen LogP contribution in [0.25, 0.3) is 0 Å². The van der Waals surface area contributed by atoms with Crippen molar-refractivity contribution in [1.82, 2.24) is 5.32 Å². The minimum Gasteiger partial charge on any atom is -0.489 e. The number of esters is 1. The van der Waals surface area contributed by atoms with Crippen molar-refractivity contribution >= 4 is 17.6 Å². The lowest BCUT2D eigenvalue weighted by Crippen LogP contribution is -2.39. The maximum Gasteiger partial charge on any atom is 0.328 e. The van der Waals surface area contributed by atoms with Crippen LogP contribution in [0, 0.1) is 0 Å². The minimum atomic E-state index is -0.723. The summed E-state index contributed by atoms with van der Waals surface area (Å²) in [5.74, 6) is -0.456. The highest BCUT2D eigenvalue weighted by atomic mass is 16.5. The van der Waals surface area contributed by atoms with E-state index >= 15 is 0 Å². The normalized spacial score (nSPS) is 11.8. The van der Waals surface area contributed by atoms with Gasteiger partial charge in [0.15, 0.2) is 0 Å². The highest BCUT2D eigenvalue weighted by Gasteiger charge is 2.17. The van der Waals surface area contributed by atoms with Crippen molar-refractivity contribution in [3.63, 3.8) is 0 Å². The van der Waals surface area contributed by atoms with E-state index in [-0.39, 0.29) is 6.10 Å². The van der Waals surface area contributed by atoms with Crippen molar-refractivity contribution in [2.24, 2.45) is 0 Å². The molecule has 0 saturated heterocycles. The van der Waals surface area contributed by atoms with Crippen LogP contribution in [-0.2, 0) is 9.53 Å². The summed E-state index contributed by atoms with van der Waals surface area (Å²) in [6.45, 7) is 5.28. The molecule has 1 amide bonds. The van der Waals surface area contributed by atoms with Gasteiger partial charge in [0.2, 0.25) is 0 Å². The molecule has 0 spiro atoms. The maximum atomic E-state index is 12.0. The smallest absolute Gasteiger partial charge is 0.328 e. The number of anilines is 1. The molecule has 0 bridgehead atoms. The molecular weight excluding hydrogens is 260 g/mol. The predicted molar refractivity (Wildman–Crippen MR) is 75.6 cm³/mol. The van der Waals surface area contributed by atoms with Gasteiger partial charge in [0.25, 0.3) is 5.91 Å². The van der Waals surface area contributed by atoms with E-state index in [9.17, 15) is 9.59 Å². The molecule has 1 aromatic rings. The third-order valence-corrected chi connectivity index (χ3v) is 2.54. The number of carbonyl (C=O) groups is 2. The van der Waals surface area contributed by atoms with Gasteiger partial charge in [-0.3, -0.25) is 4.79 Å². The fourth-order valence-corrected chi connectivity index (χ4v) is 1.55. The standard InChI is InChI=1S/C14H20N2O4/c1-8(2)20-12-7-10(5-6-11(12)15)13(17)16-9(3)14(18)19-4/h5-9H,15H2,1-4H3,(H,16,17)/t9-/m0/s1. The largest absolute Gasteiger partial charge is 0.489 e. The molecule has 0 aliphatic carbocycles. The van der Waals surface area contributed by atoms with Gasteiger partial charge in [-0.2, -0.15) is 0 Å². The summed E-state index contributed by atoms with van der Waals surface area (Å²) in [5.41, 5.74) is 6.60. The summed E-state index contributed by atoms with van der Waals surface area (Å²) in [7, 11) is 1.27. The number of nitrogens with one attached hydrogen (secondary N) is 1. The minimum absolute atomic E-state index is 0.0513. The second-order valence-electron chi connectivity index (χ2n) is 4.64. The molecule has 0 fully saturated rings. The van der Waals surface area contributed by atoms with E-state index in [2.05, 4.69) is 10.1 Å². The molecule has 20 heavy (non-hydrogen) atoms. The fourth-order valence-electron chi connectivity index (χ4n) is 1.55. The zero-order chi connectivity index (χ0) is 15.3. The van der Waals surface area contributed by atoms with E-state index < -0.39 is 17.9 Å². The first-order valence-corrected chi connectivity index (χ1v) is 6.30. The first-order valence-electron chi connectivity index (χ1n) is 6.30. The summed E-state index contributed by atoms with van der Waals surface area (Å²) in [6.07, 6.45) is -0.0513. The summed E-state index contributed by atoms with van der Waals surface area (Å²) in [4.78, 5) is 23.3. The van der Waals surface area contributed by atoms with Crippen LogP contribution in [-0.4, -0.2) is 31.1 Å². The Bertz CT molecular complexity index is 500. The molecule has 0 heterocycles. The number of nitrogen functional groups attached to an aromatic ring is 1. The zero-order valence-electron chi connectivity index (χ0n) is 12.1. The lowest BCUT2D eigenvalue weighted by molar-refractivity contribution is -0.142. The van der Waals surface area contributed by atoms with E-state index in [0.717, 1.165) is 0 Å². The van der Waals surface area contributed by atoms with Gasteiger partial charge in [0.05, 0.1) is 18.9 Å². The number of amides is 1. The maximum absolute atomic E-state index is 12.0. The van der Waals surface area contributed by atoms with Gasteiger partial charge in [0, 0.05) is 5.56 Å². The molecule has 0 radical (unpaired) electrons. The SMILES string of the molecule is COC(=O)[C@H](C)NC(=O)c1ccc(N)c(OC(C)C)c1. The van der Waals surface area contributed by atoms with Gasteiger partial charge in [-0.05, 0) is 39.0 Å². The van der Waals surface area contributed by atoms with Gasteiger partial charge >= 0.3 is 5.97 Å². The molecule has 1 atom stereocenters. The number of ether oxygens (including phenoxy) is 2. The number of methoxy groups -OCH3 is 1. The van der Waals surface area contributed by atoms with E-state index in [0.29, 0.717) is 17.0 Å². The topological polar surface area (TPSA) is 90.7 Å².